The van der Waals surface area contributed by atoms with Crippen LogP contribution in [0.2, 0.25) is 5.02 Å². The van der Waals surface area contributed by atoms with Gasteiger partial charge in [0.25, 0.3) is 5.91 Å². The van der Waals surface area contributed by atoms with E-state index >= 15 is 0 Å². The normalized spacial score (nSPS) is 18.4. The lowest BCUT2D eigenvalue weighted by molar-refractivity contribution is -0.142. The first-order chi connectivity index (χ1) is 17.3. The molecule has 5 rings (SSSR count). The number of carbonyl (C=O) groups excluding carboxylic acids is 1. The van der Waals surface area contributed by atoms with Gasteiger partial charge in [0.05, 0.1) is 16.4 Å². The number of hydrogen-bond acceptors (Lipinski definition) is 5. The van der Waals surface area contributed by atoms with E-state index in [-0.39, 0.29) is 5.91 Å². The molecular weight excluding hydrogens is 491 g/mol. The molecule has 10 heteroatoms. The van der Waals surface area contributed by atoms with Crippen LogP contribution in [0, 0.1) is 0 Å². The SMILES string of the molecule is O=C(c1ccc(C2=CC(C(F)(F)F)NN2c2ccccc2Cl)cc1)N1CCN(c2ccncc2)CC1. The Morgan fingerprint density at radius 1 is 0.944 bits per heavy atom. The van der Waals surface area contributed by atoms with Crippen molar-refractivity contribution in [2.24, 2.45) is 0 Å². The van der Waals surface area contributed by atoms with Crippen molar-refractivity contribution in [3.63, 3.8) is 0 Å². The number of carbonyl (C=O) groups is 1. The molecule has 6 nitrogen and oxygen atoms in total. The molecule has 0 spiro atoms. The Hall–Kier alpha value is -3.56. The number of pyridine rings is 1. The molecule has 0 bridgehead atoms. The number of nitrogens with zero attached hydrogens (tertiary/aromatic N) is 4. The van der Waals surface area contributed by atoms with Gasteiger partial charge in [-0.1, -0.05) is 35.9 Å². The summed E-state index contributed by atoms with van der Waals surface area (Å²) in [6.45, 7) is 2.56. The minimum atomic E-state index is -4.48. The van der Waals surface area contributed by atoms with Crippen LogP contribution in [0.4, 0.5) is 24.5 Å². The number of hydrazine groups is 1. The van der Waals surface area contributed by atoms with Gasteiger partial charge in [0, 0.05) is 49.8 Å². The van der Waals surface area contributed by atoms with Crippen LogP contribution >= 0.6 is 11.6 Å². The molecule has 1 fully saturated rings. The van der Waals surface area contributed by atoms with Crippen molar-refractivity contribution in [2.45, 2.75) is 12.2 Å². The molecule has 2 aromatic carbocycles. The maximum atomic E-state index is 13.5. The molecule has 2 aliphatic heterocycles. The van der Waals surface area contributed by atoms with E-state index in [2.05, 4.69) is 15.3 Å². The lowest BCUT2D eigenvalue weighted by Crippen LogP contribution is -2.48. The van der Waals surface area contributed by atoms with Gasteiger partial charge in [0.1, 0.15) is 6.04 Å². The van der Waals surface area contributed by atoms with Gasteiger partial charge in [0.2, 0.25) is 0 Å². The van der Waals surface area contributed by atoms with Crippen LogP contribution in [0.25, 0.3) is 5.70 Å². The zero-order valence-electron chi connectivity index (χ0n) is 19.1. The first-order valence-corrected chi connectivity index (χ1v) is 11.8. The minimum Gasteiger partial charge on any atom is -0.368 e. The molecule has 0 saturated carbocycles. The quantitative estimate of drug-likeness (QED) is 0.532. The Kier molecular flexibility index (Phi) is 6.59. The van der Waals surface area contributed by atoms with Crippen molar-refractivity contribution in [1.82, 2.24) is 15.3 Å². The molecule has 1 saturated heterocycles. The fourth-order valence-electron chi connectivity index (χ4n) is 4.39. The van der Waals surface area contributed by atoms with Crippen LogP contribution in [0.5, 0.6) is 0 Å². The maximum absolute atomic E-state index is 13.5. The molecule has 2 aliphatic rings. The number of rotatable bonds is 4. The molecule has 1 atom stereocenters. The van der Waals surface area contributed by atoms with Crippen LogP contribution in [0.3, 0.4) is 0 Å². The van der Waals surface area contributed by atoms with Crippen molar-refractivity contribution >= 4 is 34.6 Å². The van der Waals surface area contributed by atoms with Crippen LogP contribution in [-0.4, -0.2) is 54.2 Å². The Bertz CT molecular complexity index is 1260. The summed E-state index contributed by atoms with van der Waals surface area (Å²) in [6, 6.07) is 15.3. The maximum Gasteiger partial charge on any atom is 0.409 e. The summed E-state index contributed by atoms with van der Waals surface area (Å²) in [5.74, 6) is -0.106. The monoisotopic (exact) mass is 513 g/mol. The Morgan fingerprint density at radius 3 is 2.25 bits per heavy atom. The summed E-state index contributed by atoms with van der Waals surface area (Å²) >= 11 is 6.27. The van der Waals surface area contributed by atoms with Gasteiger partial charge in [-0.05, 0) is 48.0 Å². The molecule has 0 aliphatic carbocycles. The Labute approximate surface area is 211 Å². The van der Waals surface area contributed by atoms with E-state index in [0.717, 1.165) is 11.8 Å². The number of anilines is 2. The van der Waals surface area contributed by atoms with Crippen LogP contribution in [0.15, 0.2) is 79.1 Å². The first kappa shape index (κ1) is 24.1. The molecule has 0 radical (unpaired) electrons. The van der Waals surface area contributed by atoms with E-state index in [0.29, 0.717) is 53.7 Å². The van der Waals surface area contributed by atoms with Crippen molar-refractivity contribution in [3.8, 4) is 0 Å². The van der Waals surface area contributed by atoms with Gasteiger partial charge in [0.15, 0.2) is 0 Å². The minimum absolute atomic E-state index is 0.106. The van der Waals surface area contributed by atoms with Gasteiger partial charge in [-0.15, -0.1) is 0 Å². The number of piperazine rings is 1. The summed E-state index contributed by atoms with van der Waals surface area (Å²) < 4.78 is 40.6. The van der Waals surface area contributed by atoms with E-state index < -0.39 is 12.2 Å². The van der Waals surface area contributed by atoms with Gasteiger partial charge in [-0.3, -0.25) is 14.8 Å². The smallest absolute Gasteiger partial charge is 0.368 e. The molecule has 1 unspecified atom stereocenters. The molecule has 3 aromatic rings. The van der Waals surface area contributed by atoms with E-state index in [9.17, 15) is 18.0 Å². The third-order valence-electron chi connectivity index (χ3n) is 6.30. The van der Waals surface area contributed by atoms with Crippen LogP contribution < -0.4 is 15.3 Å². The van der Waals surface area contributed by atoms with Crippen LogP contribution in [-0.2, 0) is 0 Å². The molecule has 186 valence electrons. The highest BCUT2D eigenvalue weighted by molar-refractivity contribution is 6.33. The highest BCUT2D eigenvalue weighted by Crippen LogP contribution is 2.37. The zero-order valence-corrected chi connectivity index (χ0v) is 19.9. The first-order valence-electron chi connectivity index (χ1n) is 11.5. The van der Waals surface area contributed by atoms with E-state index in [1.807, 2.05) is 12.1 Å². The molecular formula is C26H23ClF3N5O. The third kappa shape index (κ3) is 4.89. The average Bonchev–Trinajstić information content (AvgIpc) is 3.35. The van der Waals surface area contributed by atoms with Gasteiger partial charge in [-0.2, -0.15) is 13.2 Å². The average molecular weight is 514 g/mol. The second-order valence-electron chi connectivity index (χ2n) is 8.55. The fourth-order valence-corrected chi connectivity index (χ4v) is 4.61. The van der Waals surface area contributed by atoms with Gasteiger partial charge in [-0.25, -0.2) is 5.43 Å². The van der Waals surface area contributed by atoms with Gasteiger partial charge < -0.3 is 9.80 Å². The second kappa shape index (κ2) is 9.83. The summed E-state index contributed by atoms with van der Waals surface area (Å²) in [4.78, 5) is 21.1. The number of amides is 1. The molecule has 36 heavy (non-hydrogen) atoms. The van der Waals surface area contributed by atoms with Crippen molar-refractivity contribution in [3.05, 3.63) is 95.3 Å². The molecule has 1 amide bonds. The number of benzene rings is 2. The number of alkyl halides is 3. The lowest BCUT2D eigenvalue weighted by atomic mass is 10.1. The van der Waals surface area contributed by atoms with Crippen LogP contribution in [0.1, 0.15) is 15.9 Å². The summed E-state index contributed by atoms with van der Waals surface area (Å²) in [6.07, 6.45) is 0.134. The predicted octanol–water partition coefficient (Wildman–Crippen LogP) is 4.99. The summed E-state index contributed by atoms with van der Waals surface area (Å²) in [5, 5.41) is 1.66. The number of nitrogens with one attached hydrogen (secondary N) is 1. The topological polar surface area (TPSA) is 51.7 Å². The van der Waals surface area contributed by atoms with E-state index in [1.54, 1.807) is 65.8 Å². The number of aromatic nitrogens is 1. The largest absolute Gasteiger partial charge is 0.409 e. The molecule has 1 aromatic heterocycles. The van der Waals surface area contributed by atoms with Gasteiger partial charge >= 0.3 is 6.18 Å². The Balaban J connectivity index is 1.32. The number of hydrogen-bond donors (Lipinski definition) is 1. The standard InChI is InChI=1S/C26H23ClF3N5O/c27-21-3-1-2-4-22(21)35-23(17-24(32-35)26(28,29)30)18-5-7-19(8-6-18)25(36)34-15-13-33(14-16-34)20-9-11-31-12-10-20/h1-12,17,24,32H,13-16H2. The number of para-hydroxylation sites is 1. The fraction of sp³-hybridized carbons (Fsp3) is 0.231. The second-order valence-corrected chi connectivity index (χ2v) is 8.96. The highest BCUT2D eigenvalue weighted by atomic mass is 35.5. The van der Waals surface area contributed by atoms with Crippen molar-refractivity contribution < 1.29 is 18.0 Å². The summed E-state index contributed by atoms with van der Waals surface area (Å²) in [7, 11) is 0. The molecule has 1 N–H and O–H groups in total. The highest BCUT2D eigenvalue weighted by Gasteiger charge is 2.44. The molecule has 3 heterocycles. The predicted molar refractivity (Wildman–Crippen MR) is 134 cm³/mol. The van der Waals surface area contributed by atoms with Crippen molar-refractivity contribution in [2.75, 3.05) is 36.1 Å². The van der Waals surface area contributed by atoms with E-state index in [1.165, 1.54) is 5.01 Å². The summed E-state index contributed by atoms with van der Waals surface area (Å²) in [5.41, 5.74) is 5.30. The zero-order chi connectivity index (χ0) is 25.3. The Morgan fingerprint density at radius 2 is 1.61 bits per heavy atom. The van der Waals surface area contributed by atoms with E-state index in [4.69, 9.17) is 11.6 Å². The lowest BCUT2D eigenvalue weighted by Gasteiger charge is -2.36. The third-order valence-corrected chi connectivity index (χ3v) is 6.62. The number of halogens is 4. The van der Waals surface area contributed by atoms with Crippen molar-refractivity contribution in [1.29, 1.82) is 0 Å².